The maximum absolute atomic E-state index is 12.7. The average Bonchev–Trinajstić information content (AvgIpc) is 3.36. The maximum Gasteiger partial charge on any atom is 0.255 e. The molecule has 1 aromatic heterocycles. The molecule has 1 fully saturated rings. The highest BCUT2D eigenvalue weighted by molar-refractivity contribution is 5.69. The molecule has 178 valence electrons. The largest absolute Gasteiger partial charge is 0.493 e. The van der Waals surface area contributed by atoms with Crippen molar-refractivity contribution in [3.8, 4) is 17.2 Å². The van der Waals surface area contributed by atoms with Crippen LogP contribution in [-0.2, 0) is 0 Å². The fourth-order valence-corrected chi connectivity index (χ4v) is 3.94. The van der Waals surface area contributed by atoms with Crippen molar-refractivity contribution < 1.29 is 9.47 Å². The van der Waals surface area contributed by atoms with Gasteiger partial charge in [-0.15, -0.1) is 0 Å². The van der Waals surface area contributed by atoms with Crippen LogP contribution in [0.3, 0.4) is 0 Å². The van der Waals surface area contributed by atoms with E-state index in [4.69, 9.17) is 9.47 Å². The molecule has 1 aliphatic heterocycles. The van der Waals surface area contributed by atoms with Gasteiger partial charge in [-0.05, 0) is 85.4 Å². The topological polar surface area (TPSA) is 43.7 Å². The van der Waals surface area contributed by atoms with Crippen LogP contribution in [0.1, 0.15) is 37.8 Å². The van der Waals surface area contributed by atoms with E-state index in [1.165, 1.54) is 25.9 Å². The SMILES string of the molecule is CC(C)COc1ccc(C=Cc2ccn(-c3ccc(OCCN4CCCC4)cc3)c(=O)c2)cc1. The molecule has 4 rings (SSSR count). The Morgan fingerprint density at radius 2 is 1.50 bits per heavy atom. The van der Waals surface area contributed by atoms with E-state index in [1.54, 1.807) is 10.6 Å². The molecular weight excluding hydrogens is 424 g/mol. The van der Waals surface area contributed by atoms with E-state index in [1.807, 2.05) is 72.9 Å². The minimum Gasteiger partial charge on any atom is -0.493 e. The Bertz CT molecular complexity index is 1130. The zero-order valence-corrected chi connectivity index (χ0v) is 20.2. The van der Waals surface area contributed by atoms with Crippen LogP contribution in [-0.4, -0.2) is 42.3 Å². The van der Waals surface area contributed by atoms with Gasteiger partial charge in [-0.25, -0.2) is 0 Å². The zero-order chi connectivity index (χ0) is 23.8. The Kier molecular flexibility index (Phi) is 8.21. The smallest absolute Gasteiger partial charge is 0.255 e. The van der Waals surface area contributed by atoms with E-state index < -0.39 is 0 Å². The van der Waals surface area contributed by atoms with Gasteiger partial charge in [0, 0.05) is 24.5 Å². The van der Waals surface area contributed by atoms with Crippen molar-refractivity contribution in [2.45, 2.75) is 26.7 Å². The van der Waals surface area contributed by atoms with Crippen LogP contribution in [0.4, 0.5) is 0 Å². The number of hydrogen-bond donors (Lipinski definition) is 0. The van der Waals surface area contributed by atoms with Crippen LogP contribution in [0.5, 0.6) is 11.5 Å². The monoisotopic (exact) mass is 458 g/mol. The third-order valence-electron chi connectivity index (χ3n) is 5.87. The third kappa shape index (κ3) is 6.84. The van der Waals surface area contributed by atoms with Crippen LogP contribution in [0.2, 0.25) is 0 Å². The van der Waals surface area contributed by atoms with Gasteiger partial charge in [-0.3, -0.25) is 14.3 Å². The Labute approximate surface area is 202 Å². The molecule has 5 nitrogen and oxygen atoms in total. The maximum atomic E-state index is 12.7. The van der Waals surface area contributed by atoms with Crippen molar-refractivity contribution in [3.05, 3.63) is 88.3 Å². The van der Waals surface area contributed by atoms with Crippen LogP contribution in [0.15, 0.2) is 71.7 Å². The predicted molar refractivity (Wildman–Crippen MR) is 139 cm³/mol. The van der Waals surface area contributed by atoms with Gasteiger partial charge in [0.2, 0.25) is 0 Å². The number of pyridine rings is 1. The second-order valence-electron chi connectivity index (χ2n) is 9.17. The van der Waals surface area contributed by atoms with E-state index in [-0.39, 0.29) is 5.56 Å². The van der Waals surface area contributed by atoms with Crippen molar-refractivity contribution in [2.24, 2.45) is 5.92 Å². The summed E-state index contributed by atoms with van der Waals surface area (Å²) in [5.74, 6) is 2.20. The quantitative estimate of drug-likeness (QED) is 0.401. The second kappa shape index (κ2) is 11.7. The Morgan fingerprint density at radius 3 is 2.18 bits per heavy atom. The molecule has 0 amide bonds. The summed E-state index contributed by atoms with van der Waals surface area (Å²) < 4.78 is 13.2. The number of likely N-dealkylation sites (tertiary alicyclic amines) is 1. The highest BCUT2D eigenvalue weighted by atomic mass is 16.5. The van der Waals surface area contributed by atoms with Gasteiger partial charge in [0.25, 0.3) is 5.56 Å². The van der Waals surface area contributed by atoms with Crippen molar-refractivity contribution in [3.63, 3.8) is 0 Å². The van der Waals surface area contributed by atoms with Gasteiger partial charge >= 0.3 is 0 Å². The van der Waals surface area contributed by atoms with E-state index >= 15 is 0 Å². The summed E-state index contributed by atoms with van der Waals surface area (Å²) in [4.78, 5) is 15.1. The van der Waals surface area contributed by atoms with Crippen molar-refractivity contribution >= 4 is 12.2 Å². The first-order valence-electron chi connectivity index (χ1n) is 12.2. The standard InChI is InChI=1S/C29H34N2O3/c1-23(2)22-34-28-11-7-24(8-12-28)5-6-25-15-18-31(29(32)21-25)26-9-13-27(14-10-26)33-20-19-30-16-3-4-17-30/h5-15,18,21,23H,3-4,16-17,19-20,22H2,1-2H3. The normalized spacial score (nSPS) is 14.2. The van der Waals surface area contributed by atoms with Crippen LogP contribution >= 0.6 is 0 Å². The number of aromatic nitrogens is 1. The molecule has 3 aromatic rings. The van der Waals surface area contributed by atoms with Gasteiger partial charge < -0.3 is 9.47 Å². The molecule has 2 aromatic carbocycles. The molecule has 0 unspecified atom stereocenters. The molecule has 1 aliphatic rings. The van der Waals surface area contributed by atoms with Crippen molar-refractivity contribution in [2.75, 3.05) is 32.8 Å². The first-order chi connectivity index (χ1) is 16.6. The molecule has 5 heteroatoms. The molecule has 0 saturated carbocycles. The summed E-state index contributed by atoms with van der Waals surface area (Å²) in [6, 6.07) is 19.3. The molecule has 2 heterocycles. The van der Waals surface area contributed by atoms with E-state index in [2.05, 4.69) is 18.7 Å². The number of hydrogen-bond acceptors (Lipinski definition) is 4. The summed E-state index contributed by atoms with van der Waals surface area (Å²) in [5.41, 5.74) is 2.68. The number of ether oxygens (including phenoxy) is 2. The van der Waals surface area contributed by atoms with Gasteiger partial charge in [0.05, 0.1) is 6.61 Å². The molecule has 0 atom stereocenters. The lowest BCUT2D eigenvalue weighted by atomic mass is 10.1. The Morgan fingerprint density at radius 1 is 0.853 bits per heavy atom. The molecule has 0 N–H and O–H groups in total. The predicted octanol–water partition coefficient (Wildman–Crippen LogP) is 5.52. The lowest BCUT2D eigenvalue weighted by molar-refractivity contribution is 0.238. The minimum absolute atomic E-state index is 0.0673. The third-order valence-corrected chi connectivity index (χ3v) is 5.87. The highest BCUT2D eigenvalue weighted by Gasteiger charge is 2.10. The molecule has 1 saturated heterocycles. The first kappa shape index (κ1) is 23.8. The fourth-order valence-electron chi connectivity index (χ4n) is 3.94. The summed E-state index contributed by atoms with van der Waals surface area (Å²) in [7, 11) is 0. The van der Waals surface area contributed by atoms with Gasteiger partial charge in [0.1, 0.15) is 18.1 Å². The molecule has 0 spiro atoms. The minimum atomic E-state index is -0.0673. The number of benzene rings is 2. The second-order valence-corrected chi connectivity index (χ2v) is 9.17. The summed E-state index contributed by atoms with van der Waals surface area (Å²) in [6.07, 6.45) is 8.35. The molecular formula is C29H34N2O3. The zero-order valence-electron chi connectivity index (χ0n) is 20.2. The van der Waals surface area contributed by atoms with E-state index in [9.17, 15) is 4.79 Å². The number of nitrogens with zero attached hydrogens (tertiary/aromatic N) is 2. The summed E-state index contributed by atoms with van der Waals surface area (Å²) in [6.45, 7) is 8.98. The Hall–Kier alpha value is -3.31. The van der Waals surface area contributed by atoms with E-state index in [0.29, 0.717) is 19.1 Å². The lowest BCUT2D eigenvalue weighted by Gasteiger charge is -2.15. The Balaban J connectivity index is 1.33. The summed E-state index contributed by atoms with van der Waals surface area (Å²) >= 11 is 0. The highest BCUT2D eigenvalue weighted by Crippen LogP contribution is 2.17. The molecule has 0 bridgehead atoms. The molecule has 34 heavy (non-hydrogen) atoms. The van der Waals surface area contributed by atoms with E-state index in [0.717, 1.165) is 34.9 Å². The fraction of sp³-hybridized carbons (Fsp3) is 0.345. The van der Waals surface area contributed by atoms with Gasteiger partial charge in [-0.1, -0.05) is 38.1 Å². The molecule has 0 radical (unpaired) electrons. The van der Waals surface area contributed by atoms with Crippen LogP contribution < -0.4 is 15.0 Å². The van der Waals surface area contributed by atoms with Crippen LogP contribution in [0, 0.1) is 5.92 Å². The summed E-state index contributed by atoms with van der Waals surface area (Å²) in [5, 5.41) is 0. The van der Waals surface area contributed by atoms with Crippen molar-refractivity contribution in [1.82, 2.24) is 9.47 Å². The van der Waals surface area contributed by atoms with Gasteiger partial charge in [0.15, 0.2) is 0 Å². The molecule has 0 aliphatic carbocycles. The van der Waals surface area contributed by atoms with Gasteiger partial charge in [-0.2, -0.15) is 0 Å². The average molecular weight is 459 g/mol. The lowest BCUT2D eigenvalue weighted by Crippen LogP contribution is -2.25. The van der Waals surface area contributed by atoms with Crippen LogP contribution in [0.25, 0.3) is 17.8 Å². The first-order valence-corrected chi connectivity index (χ1v) is 12.2. The number of rotatable bonds is 10. The van der Waals surface area contributed by atoms with Crippen molar-refractivity contribution in [1.29, 1.82) is 0 Å².